The van der Waals surface area contributed by atoms with E-state index in [0.717, 1.165) is 43.3 Å². The molecular weight excluding hydrogens is 304 g/mol. The van der Waals surface area contributed by atoms with E-state index in [0.29, 0.717) is 0 Å². The molecule has 3 aromatic heterocycles. The van der Waals surface area contributed by atoms with Crippen LogP contribution in [0, 0.1) is 6.92 Å². The molecule has 23 heavy (non-hydrogen) atoms. The molecule has 4 heterocycles. The highest BCUT2D eigenvalue weighted by Gasteiger charge is 2.19. The zero-order chi connectivity index (χ0) is 15.6. The summed E-state index contributed by atoms with van der Waals surface area (Å²) in [5.41, 5.74) is 4.59. The van der Waals surface area contributed by atoms with Gasteiger partial charge in [0.1, 0.15) is 5.69 Å². The summed E-state index contributed by atoms with van der Waals surface area (Å²) < 4.78 is 0. The highest BCUT2D eigenvalue weighted by atomic mass is 32.1. The molecule has 0 fully saturated rings. The van der Waals surface area contributed by atoms with Crippen LogP contribution in [0.4, 0.5) is 0 Å². The molecule has 0 aliphatic carbocycles. The Hall–Kier alpha value is -2.11. The molecule has 116 valence electrons. The van der Waals surface area contributed by atoms with E-state index in [1.165, 1.54) is 16.0 Å². The summed E-state index contributed by atoms with van der Waals surface area (Å²) in [6.07, 6.45) is 4.77. The van der Waals surface area contributed by atoms with Crippen LogP contribution in [-0.4, -0.2) is 26.4 Å². The molecule has 5 heteroatoms. The molecule has 0 N–H and O–H groups in total. The van der Waals surface area contributed by atoms with Crippen molar-refractivity contribution in [3.8, 4) is 11.5 Å². The first kappa shape index (κ1) is 14.5. The lowest BCUT2D eigenvalue weighted by Gasteiger charge is -2.27. The maximum absolute atomic E-state index is 4.77. The molecule has 0 saturated heterocycles. The van der Waals surface area contributed by atoms with Gasteiger partial charge in [0.15, 0.2) is 5.82 Å². The van der Waals surface area contributed by atoms with E-state index in [2.05, 4.69) is 33.2 Å². The molecule has 0 aromatic carbocycles. The Labute approximate surface area is 139 Å². The van der Waals surface area contributed by atoms with Gasteiger partial charge in [0, 0.05) is 36.9 Å². The molecule has 4 rings (SSSR count). The molecule has 1 aliphatic rings. The predicted octanol–water partition coefficient (Wildman–Crippen LogP) is 3.47. The maximum atomic E-state index is 4.77. The second-order valence-corrected chi connectivity index (χ2v) is 6.93. The van der Waals surface area contributed by atoms with Gasteiger partial charge in [-0.2, -0.15) is 0 Å². The molecule has 0 saturated carbocycles. The number of aryl methyl sites for hydroxylation is 1. The SMILES string of the molecule is Cc1csc(CN2CCc3cnc(-c4ccccn4)nc3C2)c1. The number of hydrogen-bond acceptors (Lipinski definition) is 5. The highest BCUT2D eigenvalue weighted by molar-refractivity contribution is 7.10. The normalized spacial score (nSPS) is 14.7. The fourth-order valence-electron chi connectivity index (χ4n) is 2.90. The second-order valence-electron chi connectivity index (χ2n) is 5.93. The zero-order valence-corrected chi connectivity index (χ0v) is 13.9. The first-order chi connectivity index (χ1) is 11.3. The lowest BCUT2D eigenvalue weighted by molar-refractivity contribution is 0.243. The standard InChI is InChI=1S/C18H18N4S/c1-13-8-15(23-12-13)10-22-7-5-14-9-20-18(21-17(14)11-22)16-4-2-3-6-19-16/h2-4,6,8-9,12H,5,7,10-11H2,1H3. The van der Waals surface area contributed by atoms with E-state index in [1.54, 1.807) is 6.20 Å². The van der Waals surface area contributed by atoms with Crippen LogP contribution in [0.2, 0.25) is 0 Å². The van der Waals surface area contributed by atoms with Crippen LogP contribution >= 0.6 is 11.3 Å². The van der Waals surface area contributed by atoms with Crippen molar-refractivity contribution in [3.63, 3.8) is 0 Å². The van der Waals surface area contributed by atoms with Gasteiger partial charge >= 0.3 is 0 Å². The Morgan fingerprint density at radius 2 is 2.22 bits per heavy atom. The van der Waals surface area contributed by atoms with Crippen LogP contribution in [0.25, 0.3) is 11.5 Å². The summed E-state index contributed by atoms with van der Waals surface area (Å²) in [5.74, 6) is 0.721. The van der Waals surface area contributed by atoms with E-state index in [4.69, 9.17) is 4.98 Å². The summed E-state index contributed by atoms with van der Waals surface area (Å²) in [6.45, 7) is 5.10. The van der Waals surface area contributed by atoms with Crippen molar-refractivity contribution in [2.45, 2.75) is 26.4 Å². The third-order valence-corrected chi connectivity index (χ3v) is 5.12. The molecule has 4 nitrogen and oxygen atoms in total. The molecule has 0 spiro atoms. The van der Waals surface area contributed by atoms with Crippen molar-refractivity contribution in [1.29, 1.82) is 0 Å². The van der Waals surface area contributed by atoms with Gasteiger partial charge in [-0.05, 0) is 48.1 Å². The van der Waals surface area contributed by atoms with Crippen LogP contribution in [0.3, 0.4) is 0 Å². The maximum Gasteiger partial charge on any atom is 0.178 e. The van der Waals surface area contributed by atoms with Crippen molar-refractivity contribution in [2.24, 2.45) is 0 Å². The Bertz CT molecular complexity index is 813. The summed E-state index contributed by atoms with van der Waals surface area (Å²) >= 11 is 1.84. The number of aromatic nitrogens is 3. The van der Waals surface area contributed by atoms with Gasteiger partial charge in [-0.1, -0.05) is 6.07 Å². The van der Waals surface area contributed by atoms with Gasteiger partial charge in [-0.15, -0.1) is 11.3 Å². The Morgan fingerprint density at radius 3 is 3.00 bits per heavy atom. The van der Waals surface area contributed by atoms with Crippen molar-refractivity contribution in [1.82, 2.24) is 19.9 Å². The molecular formula is C18H18N4S. The van der Waals surface area contributed by atoms with Crippen molar-refractivity contribution in [2.75, 3.05) is 6.54 Å². The zero-order valence-electron chi connectivity index (χ0n) is 13.1. The average molecular weight is 322 g/mol. The molecule has 0 unspecified atom stereocenters. The molecule has 3 aromatic rings. The Balaban J connectivity index is 1.56. The minimum Gasteiger partial charge on any atom is -0.292 e. The first-order valence-electron chi connectivity index (χ1n) is 7.80. The lowest BCUT2D eigenvalue weighted by atomic mass is 10.1. The summed E-state index contributed by atoms with van der Waals surface area (Å²) in [5, 5.41) is 2.22. The molecule has 0 amide bonds. The predicted molar refractivity (Wildman–Crippen MR) is 92.1 cm³/mol. The van der Waals surface area contributed by atoms with E-state index in [9.17, 15) is 0 Å². The van der Waals surface area contributed by atoms with Crippen LogP contribution < -0.4 is 0 Å². The Morgan fingerprint density at radius 1 is 1.26 bits per heavy atom. The number of nitrogens with zero attached hydrogens (tertiary/aromatic N) is 4. The highest BCUT2D eigenvalue weighted by Crippen LogP contribution is 2.23. The molecule has 0 bridgehead atoms. The third-order valence-electron chi connectivity index (χ3n) is 4.08. The largest absolute Gasteiger partial charge is 0.292 e. The smallest absolute Gasteiger partial charge is 0.178 e. The molecule has 0 atom stereocenters. The number of thiophene rings is 1. The third kappa shape index (κ3) is 3.16. The van der Waals surface area contributed by atoms with Gasteiger partial charge in [0.2, 0.25) is 0 Å². The molecule has 0 radical (unpaired) electrons. The summed E-state index contributed by atoms with van der Waals surface area (Å²) in [6, 6.07) is 8.11. The number of rotatable bonds is 3. The van der Waals surface area contributed by atoms with E-state index in [1.807, 2.05) is 35.7 Å². The Kier molecular flexibility index (Phi) is 3.89. The van der Waals surface area contributed by atoms with Crippen LogP contribution in [0.15, 0.2) is 42.0 Å². The monoisotopic (exact) mass is 322 g/mol. The van der Waals surface area contributed by atoms with Gasteiger partial charge in [-0.25, -0.2) is 9.97 Å². The minimum absolute atomic E-state index is 0.721. The van der Waals surface area contributed by atoms with Gasteiger partial charge in [0.25, 0.3) is 0 Å². The van der Waals surface area contributed by atoms with Crippen molar-refractivity contribution >= 4 is 11.3 Å². The van der Waals surface area contributed by atoms with Crippen LogP contribution in [0.5, 0.6) is 0 Å². The van der Waals surface area contributed by atoms with Gasteiger partial charge < -0.3 is 0 Å². The van der Waals surface area contributed by atoms with E-state index < -0.39 is 0 Å². The number of hydrogen-bond donors (Lipinski definition) is 0. The van der Waals surface area contributed by atoms with Crippen LogP contribution in [-0.2, 0) is 19.5 Å². The summed E-state index contributed by atoms with van der Waals surface area (Å²) in [7, 11) is 0. The fourth-order valence-corrected chi connectivity index (χ4v) is 3.82. The van der Waals surface area contributed by atoms with Gasteiger partial charge in [0.05, 0.1) is 5.69 Å². The molecule has 1 aliphatic heterocycles. The quantitative estimate of drug-likeness (QED) is 0.740. The van der Waals surface area contributed by atoms with Crippen LogP contribution in [0.1, 0.15) is 21.7 Å². The number of pyridine rings is 1. The summed E-state index contributed by atoms with van der Waals surface area (Å²) in [4.78, 5) is 17.5. The fraction of sp³-hybridized carbons (Fsp3) is 0.278. The number of fused-ring (bicyclic) bond motifs is 1. The van der Waals surface area contributed by atoms with E-state index >= 15 is 0 Å². The van der Waals surface area contributed by atoms with Crippen molar-refractivity contribution < 1.29 is 0 Å². The average Bonchev–Trinajstić information content (AvgIpc) is 3.00. The lowest BCUT2D eigenvalue weighted by Crippen LogP contribution is -2.30. The second kappa shape index (κ2) is 6.18. The topological polar surface area (TPSA) is 41.9 Å². The van der Waals surface area contributed by atoms with Gasteiger partial charge in [-0.3, -0.25) is 9.88 Å². The van der Waals surface area contributed by atoms with Crippen molar-refractivity contribution in [3.05, 3.63) is 63.7 Å². The minimum atomic E-state index is 0.721. The first-order valence-corrected chi connectivity index (χ1v) is 8.68. The van der Waals surface area contributed by atoms with E-state index in [-0.39, 0.29) is 0 Å².